The molecule has 0 radical (unpaired) electrons. The first kappa shape index (κ1) is 7.55. The standard InChI is InChI=1S/C9H9IO/c1-6-9-3-2-8(10)4-7(9)5-11-6/h2-4,6H,5H2,1H3/t6-/m1/s1. The predicted molar refractivity (Wildman–Crippen MR) is 52.4 cm³/mol. The summed E-state index contributed by atoms with van der Waals surface area (Å²) in [6.07, 6.45) is 0.294. The molecule has 0 fully saturated rings. The Labute approximate surface area is 79.9 Å². The molecule has 0 amide bonds. The molecule has 1 atom stereocenters. The van der Waals surface area contributed by atoms with Crippen molar-refractivity contribution in [2.75, 3.05) is 0 Å². The normalized spacial score (nSPS) is 21.8. The lowest BCUT2D eigenvalue weighted by atomic mass is 10.1. The molecule has 11 heavy (non-hydrogen) atoms. The Balaban J connectivity index is 2.50. The van der Waals surface area contributed by atoms with Crippen molar-refractivity contribution in [2.45, 2.75) is 19.6 Å². The van der Waals surface area contributed by atoms with E-state index in [0.29, 0.717) is 6.10 Å². The van der Waals surface area contributed by atoms with Crippen LogP contribution in [0.3, 0.4) is 0 Å². The SMILES string of the molecule is C[C@H]1OCc2cc(I)ccc21. The minimum atomic E-state index is 0.294. The van der Waals surface area contributed by atoms with Crippen LogP contribution in [0, 0.1) is 3.57 Å². The first-order valence-electron chi connectivity index (χ1n) is 3.67. The predicted octanol–water partition coefficient (Wildman–Crippen LogP) is 2.88. The molecule has 1 aromatic rings. The van der Waals surface area contributed by atoms with Crippen molar-refractivity contribution in [2.24, 2.45) is 0 Å². The Hall–Kier alpha value is -0.0900. The zero-order valence-corrected chi connectivity index (χ0v) is 8.46. The van der Waals surface area contributed by atoms with Gasteiger partial charge in [-0.2, -0.15) is 0 Å². The van der Waals surface area contributed by atoms with Crippen molar-refractivity contribution in [3.63, 3.8) is 0 Å². The number of ether oxygens (including phenoxy) is 1. The van der Waals surface area contributed by atoms with Crippen LogP contribution >= 0.6 is 22.6 Å². The van der Waals surface area contributed by atoms with E-state index in [0.717, 1.165) is 6.61 Å². The molecule has 0 bridgehead atoms. The summed E-state index contributed by atoms with van der Waals surface area (Å²) in [4.78, 5) is 0. The third-order valence-electron chi connectivity index (χ3n) is 2.03. The van der Waals surface area contributed by atoms with Crippen LogP contribution in [0.5, 0.6) is 0 Å². The molecule has 0 aromatic heterocycles. The lowest BCUT2D eigenvalue weighted by molar-refractivity contribution is 0.0796. The largest absolute Gasteiger partial charge is 0.369 e. The monoisotopic (exact) mass is 260 g/mol. The van der Waals surface area contributed by atoms with Crippen molar-refractivity contribution in [1.82, 2.24) is 0 Å². The Morgan fingerprint density at radius 3 is 3.18 bits per heavy atom. The van der Waals surface area contributed by atoms with Gasteiger partial charge in [0.1, 0.15) is 0 Å². The highest BCUT2D eigenvalue weighted by Crippen LogP contribution is 2.30. The molecule has 1 heterocycles. The Morgan fingerprint density at radius 1 is 1.55 bits per heavy atom. The number of rotatable bonds is 0. The Kier molecular flexibility index (Phi) is 1.89. The molecular weight excluding hydrogens is 251 g/mol. The average Bonchev–Trinajstić information content (AvgIpc) is 2.32. The summed E-state index contributed by atoms with van der Waals surface area (Å²) in [5.41, 5.74) is 2.70. The lowest BCUT2D eigenvalue weighted by Gasteiger charge is -2.01. The zero-order chi connectivity index (χ0) is 7.84. The second-order valence-corrected chi connectivity index (χ2v) is 4.04. The molecule has 0 spiro atoms. The van der Waals surface area contributed by atoms with Crippen LogP contribution in [0.2, 0.25) is 0 Å². The Bertz CT molecular complexity index is 283. The van der Waals surface area contributed by atoms with Gasteiger partial charge in [-0.3, -0.25) is 0 Å². The average molecular weight is 260 g/mol. The van der Waals surface area contributed by atoms with Crippen molar-refractivity contribution in [1.29, 1.82) is 0 Å². The van der Waals surface area contributed by atoms with E-state index in [4.69, 9.17) is 4.74 Å². The minimum Gasteiger partial charge on any atom is -0.369 e. The summed E-state index contributed by atoms with van der Waals surface area (Å²) in [6, 6.07) is 6.48. The summed E-state index contributed by atoms with van der Waals surface area (Å²) in [7, 11) is 0. The lowest BCUT2D eigenvalue weighted by Crippen LogP contribution is -1.87. The van der Waals surface area contributed by atoms with E-state index < -0.39 is 0 Å². The molecule has 0 N–H and O–H groups in total. The second kappa shape index (κ2) is 2.75. The van der Waals surface area contributed by atoms with E-state index >= 15 is 0 Å². The molecule has 0 saturated carbocycles. The first-order valence-corrected chi connectivity index (χ1v) is 4.75. The molecule has 58 valence electrons. The van der Waals surface area contributed by atoms with Gasteiger partial charge in [-0.05, 0) is 52.8 Å². The molecular formula is C9H9IO. The van der Waals surface area contributed by atoms with E-state index in [9.17, 15) is 0 Å². The molecule has 1 aliphatic rings. The molecule has 1 aliphatic heterocycles. The van der Waals surface area contributed by atoms with Crippen molar-refractivity contribution in [3.8, 4) is 0 Å². The molecule has 2 rings (SSSR count). The van der Waals surface area contributed by atoms with E-state index in [1.165, 1.54) is 14.7 Å². The molecule has 0 aliphatic carbocycles. The van der Waals surface area contributed by atoms with Gasteiger partial charge in [0, 0.05) is 3.57 Å². The highest BCUT2D eigenvalue weighted by molar-refractivity contribution is 14.1. The van der Waals surface area contributed by atoms with E-state index in [2.05, 4.69) is 47.7 Å². The summed E-state index contributed by atoms with van der Waals surface area (Å²) >= 11 is 2.32. The van der Waals surface area contributed by atoms with Gasteiger partial charge in [0.15, 0.2) is 0 Å². The van der Waals surface area contributed by atoms with E-state index in [-0.39, 0.29) is 0 Å². The van der Waals surface area contributed by atoms with Gasteiger partial charge in [-0.25, -0.2) is 0 Å². The number of hydrogen-bond donors (Lipinski definition) is 0. The molecule has 2 heteroatoms. The molecule has 0 saturated heterocycles. The number of halogens is 1. The maximum atomic E-state index is 5.47. The van der Waals surface area contributed by atoms with Crippen LogP contribution in [0.4, 0.5) is 0 Å². The van der Waals surface area contributed by atoms with Crippen LogP contribution in [0.25, 0.3) is 0 Å². The van der Waals surface area contributed by atoms with Crippen LogP contribution in [0.15, 0.2) is 18.2 Å². The van der Waals surface area contributed by atoms with Crippen molar-refractivity contribution >= 4 is 22.6 Å². The van der Waals surface area contributed by atoms with Crippen molar-refractivity contribution < 1.29 is 4.74 Å². The third kappa shape index (κ3) is 1.29. The van der Waals surface area contributed by atoms with Gasteiger partial charge in [0.25, 0.3) is 0 Å². The third-order valence-corrected chi connectivity index (χ3v) is 2.70. The minimum absolute atomic E-state index is 0.294. The highest BCUT2D eigenvalue weighted by Gasteiger charge is 2.18. The van der Waals surface area contributed by atoms with Gasteiger partial charge in [-0.15, -0.1) is 0 Å². The van der Waals surface area contributed by atoms with Crippen LogP contribution in [-0.4, -0.2) is 0 Å². The van der Waals surface area contributed by atoms with Gasteiger partial charge in [0.2, 0.25) is 0 Å². The fraction of sp³-hybridized carbons (Fsp3) is 0.333. The van der Waals surface area contributed by atoms with Gasteiger partial charge < -0.3 is 4.74 Å². The summed E-state index contributed by atoms with van der Waals surface area (Å²) in [5.74, 6) is 0. The van der Waals surface area contributed by atoms with Gasteiger partial charge in [0.05, 0.1) is 12.7 Å². The van der Waals surface area contributed by atoms with Crippen LogP contribution in [0.1, 0.15) is 24.2 Å². The summed E-state index contributed by atoms with van der Waals surface area (Å²) in [6.45, 7) is 2.88. The molecule has 1 aromatic carbocycles. The second-order valence-electron chi connectivity index (χ2n) is 2.80. The van der Waals surface area contributed by atoms with E-state index in [1.54, 1.807) is 0 Å². The highest BCUT2D eigenvalue weighted by atomic mass is 127. The maximum Gasteiger partial charge on any atom is 0.0804 e. The topological polar surface area (TPSA) is 9.23 Å². The summed E-state index contributed by atoms with van der Waals surface area (Å²) in [5, 5.41) is 0. The fourth-order valence-corrected chi connectivity index (χ4v) is 1.96. The van der Waals surface area contributed by atoms with Crippen LogP contribution in [-0.2, 0) is 11.3 Å². The number of fused-ring (bicyclic) bond motifs is 1. The van der Waals surface area contributed by atoms with E-state index in [1.807, 2.05) is 0 Å². The number of benzene rings is 1. The smallest absolute Gasteiger partial charge is 0.0804 e. The first-order chi connectivity index (χ1) is 5.27. The fourth-order valence-electron chi connectivity index (χ4n) is 1.40. The molecule has 0 unspecified atom stereocenters. The zero-order valence-electron chi connectivity index (χ0n) is 6.30. The van der Waals surface area contributed by atoms with Gasteiger partial charge in [-0.1, -0.05) is 6.07 Å². The Morgan fingerprint density at radius 2 is 2.36 bits per heavy atom. The van der Waals surface area contributed by atoms with Crippen LogP contribution < -0.4 is 0 Å². The van der Waals surface area contributed by atoms with Crippen molar-refractivity contribution in [3.05, 3.63) is 32.9 Å². The summed E-state index contributed by atoms with van der Waals surface area (Å²) < 4.78 is 6.77. The van der Waals surface area contributed by atoms with Gasteiger partial charge >= 0.3 is 0 Å². The quantitative estimate of drug-likeness (QED) is 0.652. The molecule has 1 nitrogen and oxygen atoms in total. The maximum absolute atomic E-state index is 5.47. The number of hydrogen-bond acceptors (Lipinski definition) is 1.